The Morgan fingerprint density at radius 1 is 0.277 bits per heavy atom. The molecule has 4 nitrogen and oxygen atoms in total. The molecule has 65 heavy (non-hydrogen) atoms. The Kier molecular flexibility index (Phi) is 8.50. The SMILES string of the molecule is c1ccc(-c2cc(-c3ccccc3)nc(-c3cccc(-c4nc5cc(-c6ccc(-c7ccc8c9ccccc9c9ccccc9c8c7)cc6)ccc5c5c4oc4ccccc45)c3)n2)cc1. The third-order valence-corrected chi connectivity index (χ3v) is 12.9. The van der Waals surface area contributed by atoms with Crippen molar-refractivity contribution in [1.29, 1.82) is 0 Å². The standard InChI is InChI=1S/C61H37N3O/c1-3-14-40(15-4-1)54-37-55(41-16-5-2-6-17-41)64-61(63-54)45-19-13-18-44(34-45)59-60-58(52-24-11-12-25-57(52)65-60)51-33-31-43(36-56(51)62-59)39-28-26-38(27-29-39)42-30-32-50-48-22-8-7-20-46(48)47-21-9-10-23-49(47)53(50)35-42/h1-37H. The van der Waals surface area contributed by atoms with Gasteiger partial charge in [-0.3, -0.25) is 0 Å². The first kappa shape index (κ1) is 36.9. The van der Waals surface area contributed by atoms with Crippen molar-refractivity contribution < 1.29 is 4.42 Å². The molecule has 0 spiro atoms. The van der Waals surface area contributed by atoms with Crippen LogP contribution in [0.15, 0.2) is 229 Å². The minimum Gasteiger partial charge on any atom is -0.454 e. The first-order chi connectivity index (χ1) is 32.2. The van der Waals surface area contributed by atoms with Crippen molar-refractivity contribution in [2.24, 2.45) is 0 Å². The van der Waals surface area contributed by atoms with E-state index in [1.165, 1.54) is 43.4 Å². The van der Waals surface area contributed by atoms with E-state index in [1.807, 2.05) is 48.5 Å². The summed E-state index contributed by atoms with van der Waals surface area (Å²) < 4.78 is 6.69. The Labute approximate surface area is 374 Å². The molecule has 4 heteroatoms. The molecule has 10 aromatic carbocycles. The van der Waals surface area contributed by atoms with Crippen LogP contribution in [0.2, 0.25) is 0 Å². The molecule has 3 heterocycles. The zero-order valence-electron chi connectivity index (χ0n) is 35.1. The quantitative estimate of drug-likeness (QED) is 0.157. The van der Waals surface area contributed by atoms with Gasteiger partial charge in [-0.15, -0.1) is 0 Å². The van der Waals surface area contributed by atoms with Gasteiger partial charge in [0.15, 0.2) is 11.4 Å². The maximum absolute atomic E-state index is 6.69. The highest BCUT2D eigenvalue weighted by atomic mass is 16.3. The Balaban J connectivity index is 0.918. The number of aromatic nitrogens is 3. The molecular weight excluding hydrogens is 791 g/mol. The minimum absolute atomic E-state index is 0.643. The number of para-hydroxylation sites is 1. The predicted molar refractivity (Wildman–Crippen MR) is 270 cm³/mol. The number of benzene rings is 10. The fourth-order valence-electron chi connectivity index (χ4n) is 9.70. The molecule has 13 rings (SSSR count). The van der Waals surface area contributed by atoms with E-state index in [1.54, 1.807) is 0 Å². The lowest BCUT2D eigenvalue weighted by Gasteiger charge is -2.12. The van der Waals surface area contributed by atoms with Crippen LogP contribution in [0.25, 0.3) is 133 Å². The Bertz CT molecular complexity index is 3890. The van der Waals surface area contributed by atoms with E-state index in [2.05, 4.69) is 176 Å². The van der Waals surface area contributed by atoms with Gasteiger partial charge in [0, 0.05) is 38.4 Å². The van der Waals surface area contributed by atoms with Crippen LogP contribution >= 0.6 is 0 Å². The number of hydrogen-bond acceptors (Lipinski definition) is 4. The summed E-state index contributed by atoms with van der Waals surface area (Å²) in [4.78, 5) is 15.7. The maximum Gasteiger partial charge on any atom is 0.162 e. The highest BCUT2D eigenvalue weighted by Gasteiger charge is 2.20. The van der Waals surface area contributed by atoms with E-state index < -0.39 is 0 Å². The molecule has 13 aromatic rings. The summed E-state index contributed by atoms with van der Waals surface area (Å²) in [5.74, 6) is 0.643. The fraction of sp³-hybridized carbons (Fsp3) is 0. The predicted octanol–water partition coefficient (Wildman–Crippen LogP) is 16.4. The minimum atomic E-state index is 0.643. The number of furan rings is 1. The van der Waals surface area contributed by atoms with Crippen molar-refractivity contribution in [2.45, 2.75) is 0 Å². The first-order valence-corrected chi connectivity index (χ1v) is 22.0. The molecular formula is C61H37N3O. The molecule has 0 fully saturated rings. The zero-order valence-corrected chi connectivity index (χ0v) is 35.1. The monoisotopic (exact) mass is 827 g/mol. The lowest BCUT2D eigenvalue weighted by atomic mass is 9.91. The van der Waals surface area contributed by atoms with Gasteiger partial charge in [0.2, 0.25) is 0 Å². The summed E-state index contributed by atoms with van der Waals surface area (Å²) >= 11 is 0. The van der Waals surface area contributed by atoms with Crippen LogP contribution in [0.3, 0.4) is 0 Å². The Hall–Kier alpha value is -8.73. The van der Waals surface area contributed by atoms with Crippen LogP contribution in [-0.4, -0.2) is 15.0 Å². The van der Waals surface area contributed by atoms with Gasteiger partial charge in [0.05, 0.1) is 16.9 Å². The van der Waals surface area contributed by atoms with Crippen LogP contribution in [0.4, 0.5) is 0 Å². The molecule has 0 saturated heterocycles. The van der Waals surface area contributed by atoms with E-state index >= 15 is 0 Å². The number of nitrogens with zero attached hydrogens (tertiary/aromatic N) is 3. The third kappa shape index (κ3) is 6.26. The lowest BCUT2D eigenvalue weighted by Crippen LogP contribution is -1.96. The second kappa shape index (κ2) is 15.0. The van der Waals surface area contributed by atoms with Crippen molar-refractivity contribution in [3.05, 3.63) is 224 Å². The highest BCUT2D eigenvalue weighted by Crippen LogP contribution is 2.42. The second-order valence-electron chi connectivity index (χ2n) is 16.7. The van der Waals surface area contributed by atoms with Crippen LogP contribution in [-0.2, 0) is 0 Å². The molecule has 0 amide bonds. The first-order valence-electron chi connectivity index (χ1n) is 22.0. The molecule has 0 bridgehead atoms. The van der Waals surface area contributed by atoms with Crippen molar-refractivity contribution in [2.75, 3.05) is 0 Å². The van der Waals surface area contributed by atoms with Crippen LogP contribution in [0.5, 0.6) is 0 Å². The summed E-state index contributed by atoms with van der Waals surface area (Å²) in [7, 11) is 0. The average molecular weight is 828 g/mol. The van der Waals surface area contributed by atoms with Gasteiger partial charge in [-0.1, -0.05) is 194 Å². The molecule has 0 N–H and O–H groups in total. The molecule has 0 saturated carbocycles. The maximum atomic E-state index is 6.69. The average Bonchev–Trinajstić information content (AvgIpc) is 3.79. The summed E-state index contributed by atoms with van der Waals surface area (Å²) in [6.45, 7) is 0. The van der Waals surface area contributed by atoms with E-state index in [-0.39, 0.29) is 0 Å². The normalized spacial score (nSPS) is 11.7. The lowest BCUT2D eigenvalue weighted by molar-refractivity contribution is 0.669. The van der Waals surface area contributed by atoms with Gasteiger partial charge in [0.25, 0.3) is 0 Å². The summed E-state index contributed by atoms with van der Waals surface area (Å²) in [5, 5.41) is 10.8. The summed E-state index contributed by atoms with van der Waals surface area (Å²) in [6.07, 6.45) is 0. The van der Waals surface area contributed by atoms with E-state index in [0.717, 1.165) is 83.3 Å². The summed E-state index contributed by atoms with van der Waals surface area (Å²) in [6, 6.07) is 79.2. The molecule has 3 aromatic heterocycles. The smallest absolute Gasteiger partial charge is 0.162 e. The van der Waals surface area contributed by atoms with Crippen molar-refractivity contribution >= 4 is 65.2 Å². The molecule has 0 aliphatic rings. The van der Waals surface area contributed by atoms with Gasteiger partial charge in [-0.25, -0.2) is 15.0 Å². The topological polar surface area (TPSA) is 51.8 Å². The van der Waals surface area contributed by atoms with E-state index in [0.29, 0.717) is 5.82 Å². The highest BCUT2D eigenvalue weighted by molar-refractivity contribution is 6.26. The largest absolute Gasteiger partial charge is 0.454 e. The molecule has 302 valence electrons. The molecule has 0 aliphatic carbocycles. The number of hydrogen-bond donors (Lipinski definition) is 0. The number of pyridine rings is 1. The van der Waals surface area contributed by atoms with Crippen molar-refractivity contribution in [3.63, 3.8) is 0 Å². The fourth-order valence-corrected chi connectivity index (χ4v) is 9.70. The van der Waals surface area contributed by atoms with E-state index in [9.17, 15) is 0 Å². The third-order valence-electron chi connectivity index (χ3n) is 12.9. The second-order valence-corrected chi connectivity index (χ2v) is 16.7. The Morgan fingerprint density at radius 2 is 0.754 bits per heavy atom. The van der Waals surface area contributed by atoms with Gasteiger partial charge in [-0.2, -0.15) is 0 Å². The van der Waals surface area contributed by atoms with Gasteiger partial charge in [-0.05, 0) is 84.9 Å². The van der Waals surface area contributed by atoms with Gasteiger partial charge in [0.1, 0.15) is 11.3 Å². The van der Waals surface area contributed by atoms with Gasteiger partial charge >= 0.3 is 0 Å². The van der Waals surface area contributed by atoms with Crippen LogP contribution in [0, 0.1) is 0 Å². The molecule has 0 unspecified atom stereocenters. The summed E-state index contributed by atoms with van der Waals surface area (Å²) in [5.41, 5.74) is 13.5. The van der Waals surface area contributed by atoms with Crippen LogP contribution < -0.4 is 0 Å². The van der Waals surface area contributed by atoms with Crippen molar-refractivity contribution in [3.8, 4) is 67.4 Å². The van der Waals surface area contributed by atoms with Crippen LogP contribution in [0.1, 0.15) is 0 Å². The van der Waals surface area contributed by atoms with Gasteiger partial charge < -0.3 is 4.42 Å². The van der Waals surface area contributed by atoms with Crippen molar-refractivity contribution in [1.82, 2.24) is 15.0 Å². The van der Waals surface area contributed by atoms with E-state index in [4.69, 9.17) is 19.4 Å². The number of rotatable bonds is 6. The molecule has 0 aliphatic heterocycles. The molecule has 0 radical (unpaired) electrons. The molecule has 0 atom stereocenters. The number of fused-ring (bicyclic) bond motifs is 11. The zero-order chi connectivity index (χ0) is 42.8. The Morgan fingerprint density at radius 3 is 1.38 bits per heavy atom.